The van der Waals surface area contributed by atoms with E-state index in [0.717, 1.165) is 12.5 Å². The van der Waals surface area contributed by atoms with Crippen LogP contribution in [0.2, 0.25) is 0 Å². The number of hydrogen-bond acceptors (Lipinski definition) is 2. The normalized spacial score (nSPS) is 23.4. The third-order valence-corrected chi connectivity index (χ3v) is 4.93. The molecule has 1 aliphatic carbocycles. The summed E-state index contributed by atoms with van der Waals surface area (Å²) in [6.07, 6.45) is 6.88. The fourth-order valence-electron chi connectivity index (χ4n) is 3.42. The lowest BCUT2D eigenvalue weighted by atomic mass is 9.84. The molecule has 1 fully saturated rings. The van der Waals surface area contributed by atoms with Gasteiger partial charge >= 0.3 is 0 Å². The van der Waals surface area contributed by atoms with Gasteiger partial charge in [0, 0.05) is 24.8 Å². The molecular formula is C17H26N2. The quantitative estimate of drug-likeness (QED) is 0.888. The van der Waals surface area contributed by atoms with Crippen molar-refractivity contribution in [2.24, 2.45) is 5.92 Å². The average Bonchev–Trinajstić information content (AvgIpc) is 2.61. The van der Waals surface area contributed by atoms with Gasteiger partial charge in [-0.25, -0.2) is 0 Å². The van der Waals surface area contributed by atoms with Crippen molar-refractivity contribution < 1.29 is 0 Å². The van der Waals surface area contributed by atoms with Crippen molar-refractivity contribution in [2.45, 2.75) is 45.1 Å². The van der Waals surface area contributed by atoms with Crippen molar-refractivity contribution in [1.29, 1.82) is 0 Å². The van der Waals surface area contributed by atoms with Gasteiger partial charge < -0.3 is 5.32 Å². The molecule has 0 amide bonds. The first-order valence-electron chi connectivity index (χ1n) is 7.92. The molecule has 0 radical (unpaired) electrons. The molecule has 1 aliphatic heterocycles. The van der Waals surface area contributed by atoms with Gasteiger partial charge in [-0.05, 0) is 49.8 Å². The van der Waals surface area contributed by atoms with Crippen LogP contribution < -0.4 is 5.32 Å². The number of nitrogens with zero attached hydrogens (tertiary/aromatic N) is 1. The van der Waals surface area contributed by atoms with Gasteiger partial charge in [-0.2, -0.15) is 0 Å². The molecule has 1 atom stereocenters. The van der Waals surface area contributed by atoms with Crippen molar-refractivity contribution in [2.75, 3.05) is 25.0 Å². The molecule has 3 rings (SSSR count). The number of para-hydroxylation sites is 1. The minimum absolute atomic E-state index is 0.706. The zero-order chi connectivity index (χ0) is 13.1. The highest BCUT2D eigenvalue weighted by Crippen LogP contribution is 2.29. The lowest BCUT2D eigenvalue weighted by Gasteiger charge is -2.36. The first-order chi connectivity index (χ1) is 9.36. The van der Waals surface area contributed by atoms with Crippen LogP contribution in [0.5, 0.6) is 0 Å². The minimum atomic E-state index is 0.706. The fraction of sp³-hybridized carbons (Fsp3) is 0.647. The number of benzene rings is 1. The predicted octanol–water partition coefficient (Wildman–Crippen LogP) is 3.54. The van der Waals surface area contributed by atoms with Gasteiger partial charge in [0.2, 0.25) is 0 Å². The molecular weight excluding hydrogens is 232 g/mol. The van der Waals surface area contributed by atoms with Crippen LogP contribution in [0.15, 0.2) is 24.3 Å². The summed E-state index contributed by atoms with van der Waals surface area (Å²) in [6, 6.07) is 9.50. The van der Waals surface area contributed by atoms with E-state index in [4.69, 9.17) is 0 Å². The smallest absolute Gasteiger partial charge is 0.0373 e. The molecule has 2 heteroatoms. The maximum Gasteiger partial charge on any atom is 0.0373 e. The first kappa shape index (κ1) is 13.0. The Bertz CT molecular complexity index is 384. The zero-order valence-electron chi connectivity index (χ0n) is 12.1. The van der Waals surface area contributed by atoms with Crippen molar-refractivity contribution >= 4 is 5.69 Å². The summed E-state index contributed by atoms with van der Waals surface area (Å²) in [7, 11) is 0. The van der Waals surface area contributed by atoms with E-state index < -0.39 is 0 Å². The summed E-state index contributed by atoms with van der Waals surface area (Å²) < 4.78 is 0. The standard InChI is InChI=1S/C17H26N2/c1-2-19(13-14-6-5-7-14)16-11-10-15-8-3-4-9-17(15)18-12-16/h3-4,8-9,14,16,18H,2,5-7,10-13H2,1H3. The third kappa shape index (κ3) is 2.94. The summed E-state index contributed by atoms with van der Waals surface area (Å²) >= 11 is 0. The number of fused-ring (bicyclic) bond motifs is 1. The molecule has 0 saturated heterocycles. The van der Waals surface area contributed by atoms with Crippen molar-refractivity contribution in [3.05, 3.63) is 29.8 Å². The molecule has 0 spiro atoms. The zero-order valence-corrected chi connectivity index (χ0v) is 12.1. The number of aryl methyl sites for hydroxylation is 1. The monoisotopic (exact) mass is 258 g/mol. The summed E-state index contributed by atoms with van der Waals surface area (Å²) in [6.45, 7) is 5.94. The molecule has 104 valence electrons. The number of likely N-dealkylation sites (N-methyl/N-ethyl adjacent to an activating group) is 1. The lowest BCUT2D eigenvalue weighted by molar-refractivity contribution is 0.139. The molecule has 1 aromatic carbocycles. The van der Waals surface area contributed by atoms with Crippen LogP contribution in [0.1, 0.15) is 38.2 Å². The largest absolute Gasteiger partial charge is 0.383 e. The van der Waals surface area contributed by atoms with E-state index in [0.29, 0.717) is 6.04 Å². The summed E-state index contributed by atoms with van der Waals surface area (Å²) in [5.74, 6) is 0.977. The Morgan fingerprint density at radius 2 is 2.05 bits per heavy atom. The van der Waals surface area contributed by atoms with Crippen LogP contribution in [-0.4, -0.2) is 30.6 Å². The molecule has 1 unspecified atom stereocenters. The van der Waals surface area contributed by atoms with E-state index >= 15 is 0 Å². The van der Waals surface area contributed by atoms with Gasteiger partial charge in [0.05, 0.1) is 0 Å². The van der Waals surface area contributed by atoms with Crippen molar-refractivity contribution in [3.8, 4) is 0 Å². The molecule has 19 heavy (non-hydrogen) atoms. The Hall–Kier alpha value is -1.02. The van der Waals surface area contributed by atoms with Gasteiger partial charge in [-0.3, -0.25) is 4.90 Å². The molecule has 0 bridgehead atoms. The summed E-state index contributed by atoms with van der Waals surface area (Å²) in [4.78, 5) is 2.71. The highest BCUT2D eigenvalue weighted by molar-refractivity contribution is 5.52. The minimum Gasteiger partial charge on any atom is -0.383 e. The number of anilines is 1. The maximum atomic E-state index is 3.66. The average molecular weight is 258 g/mol. The molecule has 1 saturated carbocycles. The maximum absolute atomic E-state index is 3.66. The Kier molecular flexibility index (Phi) is 4.07. The van der Waals surface area contributed by atoms with E-state index in [9.17, 15) is 0 Å². The van der Waals surface area contributed by atoms with Gasteiger partial charge in [-0.1, -0.05) is 31.5 Å². The van der Waals surface area contributed by atoms with Crippen molar-refractivity contribution in [1.82, 2.24) is 4.90 Å². The van der Waals surface area contributed by atoms with Crippen molar-refractivity contribution in [3.63, 3.8) is 0 Å². The summed E-state index contributed by atoms with van der Waals surface area (Å²) in [5, 5.41) is 3.66. The number of hydrogen-bond donors (Lipinski definition) is 1. The van der Waals surface area contributed by atoms with Gasteiger partial charge in [-0.15, -0.1) is 0 Å². The van der Waals surface area contributed by atoms with E-state index in [1.54, 1.807) is 0 Å². The van der Waals surface area contributed by atoms with Gasteiger partial charge in [0.15, 0.2) is 0 Å². The first-order valence-corrected chi connectivity index (χ1v) is 7.92. The second kappa shape index (κ2) is 5.96. The molecule has 1 heterocycles. The molecule has 1 aromatic rings. The van der Waals surface area contributed by atoms with E-state index in [-0.39, 0.29) is 0 Å². The fourth-order valence-corrected chi connectivity index (χ4v) is 3.42. The molecule has 2 nitrogen and oxygen atoms in total. The Morgan fingerprint density at radius 1 is 1.21 bits per heavy atom. The highest BCUT2D eigenvalue weighted by atomic mass is 15.2. The van der Waals surface area contributed by atoms with Crippen LogP contribution in [-0.2, 0) is 6.42 Å². The lowest BCUT2D eigenvalue weighted by Crippen LogP contribution is -2.43. The topological polar surface area (TPSA) is 15.3 Å². The van der Waals surface area contributed by atoms with Gasteiger partial charge in [0.1, 0.15) is 0 Å². The van der Waals surface area contributed by atoms with Crippen LogP contribution in [0.3, 0.4) is 0 Å². The summed E-state index contributed by atoms with van der Waals surface area (Å²) in [5.41, 5.74) is 2.84. The van der Waals surface area contributed by atoms with Crippen LogP contribution in [0.4, 0.5) is 5.69 Å². The molecule has 2 aliphatic rings. The van der Waals surface area contributed by atoms with Crippen LogP contribution in [0, 0.1) is 5.92 Å². The number of rotatable bonds is 4. The Labute approximate surface area is 117 Å². The highest BCUT2D eigenvalue weighted by Gasteiger charge is 2.25. The molecule has 1 N–H and O–H groups in total. The molecule has 0 aromatic heterocycles. The van der Waals surface area contributed by atoms with Crippen LogP contribution >= 0.6 is 0 Å². The number of nitrogens with one attached hydrogen (secondary N) is 1. The third-order valence-electron chi connectivity index (χ3n) is 4.93. The SMILES string of the molecule is CCN(CC1CCC1)C1CCc2ccccc2NC1. The van der Waals surface area contributed by atoms with E-state index in [1.807, 2.05) is 0 Å². The second-order valence-electron chi connectivity index (χ2n) is 6.12. The second-order valence-corrected chi connectivity index (χ2v) is 6.12. The van der Waals surface area contributed by atoms with E-state index in [2.05, 4.69) is 41.4 Å². The van der Waals surface area contributed by atoms with Crippen LogP contribution in [0.25, 0.3) is 0 Å². The Morgan fingerprint density at radius 3 is 2.79 bits per heavy atom. The van der Waals surface area contributed by atoms with E-state index in [1.165, 1.54) is 56.4 Å². The predicted molar refractivity (Wildman–Crippen MR) is 81.6 cm³/mol. The van der Waals surface area contributed by atoms with Gasteiger partial charge in [0.25, 0.3) is 0 Å². The Balaban J connectivity index is 1.62.